The van der Waals surface area contributed by atoms with Crippen molar-refractivity contribution in [3.8, 4) is 0 Å². The highest BCUT2D eigenvalue weighted by molar-refractivity contribution is 8.76. The minimum absolute atomic E-state index is 0.000000000000000444. The van der Waals surface area contributed by atoms with Crippen LogP contribution in [0.2, 0.25) is 31.7 Å². The minimum atomic E-state index is 0.000000000000000444. The van der Waals surface area contributed by atoms with Crippen molar-refractivity contribution in [1.82, 2.24) is 39.9 Å². The van der Waals surface area contributed by atoms with Gasteiger partial charge in [0.25, 0.3) is 0 Å². The smallest absolute Gasteiger partial charge is 0.227 e. The van der Waals surface area contributed by atoms with Crippen LogP contribution in [-0.2, 0) is 0 Å². The van der Waals surface area contributed by atoms with E-state index in [0.717, 1.165) is 10.1 Å². The standard InChI is InChI=1S/C10H8N2S2.2C3Cl3N3/c1-3-7-11-9(5-1)13-14-10-6-2-4-8-12-10;2*4-1-7-2(5)9-3(6)8-1/h1-8H;;. The molecular formula is C16H8Cl6N8S2. The summed E-state index contributed by atoms with van der Waals surface area (Å²) < 4.78 is 0. The van der Waals surface area contributed by atoms with Crippen LogP contribution in [0.15, 0.2) is 58.8 Å². The number of rotatable bonds is 3. The summed E-state index contributed by atoms with van der Waals surface area (Å²) in [6.07, 6.45) is 3.59. The molecule has 0 saturated heterocycles. The number of hydrogen-bond acceptors (Lipinski definition) is 10. The quantitative estimate of drug-likeness (QED) is 0.234. The molecule has 4 rings (SSSR count). The fourth-order valence-electron chi connectivity index (χ4n) is 1.48. The van der Waals surface area contributed by atoms with Crippen LogP contribution in [0.25, 0.3) is 0 Å². The third kappa shape index (κ3) is 11.6. The first kappa shape index (κ1) is 27.0. The molecule has 4 heterocycles. The van der Waals surface area contributed by atoms with Crippen molar-refractivity contribution in [2.24, 2.45) is 0 Å². The van der Waals surface area contributed by atoms with Crippen molar-refractivity contribution in [3.05, 3.63) is 80.5 Å². The maximum atomic E-state index is 5.32. The van der Waals surface area contributed by atoms with E-state index >= 15 is 0 Å². The third-order valence-corrected chi connectivity index (χ3v) is 5.79. The highest BCUT2D eigenvalue weighted by Crippen LogP contribution is 2.34. The van der Waals surface area contributed by atoms with Crippen LogP contribution in [-0.4, -0.2) is 39.9 Å². The SMILES string of the molecule is Clc1nc(Cl)nc(Cl)n1.Clc1nc(Cl)nc(Cl)n1.c1ccc(SSc2ccccn2)nc1. The van der Waals surface area contributed by atoms with Gasteiger partial charge in [0, 0.05) is 12.4 Å². The summed E-state index contributed by atoms with van der Waals surface area (Å²) in [5, 5.41) is 2.01. The van der Waals surface area contributed by atoms with E-state index in [1.54, 1.807) is 34.0 Å². The summed E-state index contributed by atoms with van der Waals surface area (Å²) in [7, 11) is 3.23. The van der Waals surface area contributed by atoms with Crippen LogP contribution >= 0.6 is 91.2 Å². The Morgan fingerprint density at radius 3 is 0.938 bits per heavy atom. The number of aromatic nitrogens is 8. The van der Waals surface area contributed by atoms with Crippen LogP contribution in [0.5, 0.6) is 0 Å². The largest absolute Gasteiger partial charge is 0.249 e. The van der Waals surface area contributed by atoms with Gasteiger partial charge in [-0.2, -0.15) is 29.9 Å². The van der Waals surface area contributed by atoms with Crippen LogP contribution in [0, 0.1) is 0 Å². The molecule has 0 saturated carbocycles. The van der Waals surface area contributed by atoms with E-state index in [1.165, 1.54) is 0 Å². The van der Waals surface area contributed by atoms with E-state index in [9.17, 15) is 0 Å². The van der Waals surface area contributed by atoms with Gasteiger partial charge in [-0.1, -0.05) is 12.1 Å². The first-order chi connectivity index (χ1) is 15.3. The molecule has 0 N–H and O–H groups in total. The van der Waals surface area contributed by atoms with Crippen molar-refractivity contribution < 1.29 is 0 Å². The molecule has 4 aromatic rings. The Balaban J connectivity index is 0.000000178. The van der Waals surface area contributed by atoms with Gasteiger partial charge < -0.3 is 0 Å². The van der Waals surface area contributed by atoms with Crippen LogP contribution in [0.1, 0.15) is 0 Å². The molecule has 16 heteroatoms. The molecule has 0 spiro atoms. The topological polar surface area (TPSA) is 103 Å². The second kappa shape index (κ2) is 14.8. The molecule has 0 aromatic carbocycles. The second-order valence-corrected chi connectivity index (χ2v) is 8.99. The Morgan fingerprint density at radius 2 is 0.719 bits per heavy atom. The maximum absolute atomic E-state index is 5.32. The molecule has 4 aromatic heterocycles. The van der Waals surface area contributed by atoms with Gasteiger partial charge >= 0.3 is 0 Å². The van der Waals surface area contributed by atoms with Gasteiger partial charge in [-0.15, -0.1) is 0 Å². The average Bonchev–Trinajstić information content (AvgIpc) is 2.73. The Hall–Kier alpha value is -1.24. The Kier molecular flexibility index (Phi) is 12.5. The molecule has 8 nitrogen and oxygen atoms in total. The van der Waals surface area contributed by atoms with E-state index in [1.807, 2.05) is 36.4 Å². The van der Waals surface area contributed by atoms with Crippen molar-refractivity contribution in [1.29, 1.82) is 0 Å². The Bertz CT molecular complexity index is 924. The van der Waals surface area contributed by atoms with Gasteiger partial charge in [0.15, 0.2) is 0 Å². The van der Waals surface area contributed by atoms with Gasteiger partial charge in [0.2, 0.25) is 31.7 Å². The van der Waals surface area contributed by atoms with E-state index in [-0.39, 0.29) is 31.7 Å². The molecule has 0 unspecified atom stereocenters. The molecule has 0 bridgehead atoms. The van der Waals surface area contributed by atoms with Crippen LogP contribution in [0.3, 0.4) is 0 Å². The van der Waals surface area contributed by atoms with Crippen LogP contribution < -0.4 is 0 Å². The summed E-state index contributed by atoms with van der Waals surface area (Å²) in [5.74, 6) is 0. The van der Waals surface area contributed by atoms with Gasteiger partial charge in [-0.25, -0.2) is 9.97 Å². The average molecular weight is 589 g/mol. The van der Waals surface area contributed by atoms with Gasteiger partial charge in [-0.05, 0) is 115 Å². The fraction of sp³-hybridized carbons (Fsp3) is 0. The maximum Gasteiger partial charge on any atom is 0.227 e. The number of pyridine rings is 2. The lowest BCUT2D eigenvalue weighted by molar-refractivity contribution is 1.05. The summed E-state index contributed by atoms with van der Waals surface area (Å²) in [6, 6.07) is 11.8. The van der Waals surface area contributed by atoms with E-state index in [4.69, 9.17) is 69.6 Å². The zero-order valence-corrected chi connectivity index (χ0v) is 21.4. The van der Waals surface area contributed by atoms with E-state index in [2.05, 4.69) is 39.9 Å². The number of nitrogens with zero attached hydrogens (tertiary/aromatic N) is 8. The molecule has 0 atom stereocenters. The third-order valence-electron chi connectivity index (χ3n) is 2.60. The lowest BCUT2D eigenvalue weighted by atomic mass is 10.5. The zero-order valence-electron chi connectivity index (χ0n) is 15.3. The summed E-state index contributed by atoms with van der Waals surface area (Å²) in [5.41, 5.74) is 0. The highest BCUT2D eigenvalue weighted by atomic mass is 35.5. The summed E-state index contributed by atoms with van der Waals surface area (Å²) >= 11 is 31.9. The summed E-state index contributed by atoms with van der Waals surface area (Å²) in [4.78, 5) is 29.2. The van der Waals surface area contributed by atoms with E-state index < -0.39 is 0 Å². The molecule has 0 radical (unpaired) electrons. The molecule has 0 aliphatic heterocycles. The van der Waals surface area contributed by atoms with E-state index in [0.29, 0.717) is 0 Å². The monoisotopic (exact) mass is 586 g/mol. The first-order valence-corrected chi connectivity index (χ1v) is 12.4. The minimum Gasteiger partial charge on any atom is -0.249 e. The predicted molar refractivity (Wildman–Crippen MR) is 130 cm³/mol. The second-order valence-electron chi connectivity index (χ2n) is 4.79. The van der Waals surface area contributed by atoms with Crippen LogP contribution in [0.4, 0.5) is 0 Å². The molecule has 0 aliphatic rings. The molecule has 32 heavy (non-hydrogen) atoms. The van der Waals surface area contributed by atoms with Gasteiger partial charge in [-0.3, -0.25) is 0 Å². The zero-order chi connectivity index (χ0) is 23.3. The Labute approximate surface area is 220 Å². The fourth-order valence-corrected chi connectivity index (χ4v) is 4.46. The molecule has 0 amide bonds. The van der Waals surface area contributed by atoms with Gasteiger partial charge in [0.1, 0.15) is 10.1 Å². The first-order valence-electron chi connectivity index (χ1n) is 7.93. The van der Waals surface area contributed by atoms with Crippen molar-refractivity contribution in [2.75, 3.05) is 0 Å². The molecule has 0 aliphatic carbocycles. The Morgan fingerprint density at radius 1 is 0.438 bits per heavy atom. The van der Waals surface area contributed by atoms with Crippen molar-refractivity contribution in [2.45, 2.75) is 10.1 Å². The highest BCUT2D eigenvalue weighted by Gasteiger charge is 1.99. The molecular weight excluding hydrogens is 581 g/mol. The number of halogens is 6. The molecule has 166 valence electrons. The molecule has 0 fully saturated rings. The van der Waals surface area contributed by atoms with Crippen molar-refractivity contribution in [3.63, 3.8) is 0 Å². The van der Waals surface area contributed by atoms with Crippen molar-refractivity contribution >= 4 is 91.2 Å². The lowest BCUT2D eigenvalue weighted by Crippen LogP contribution is -1.87. The normalized spacial score (nSPS) is 9.81. The summed E-state index contributed by atoms with van der Waals surface area (Å²) in [6.45, 7) is 0. The van der Waals surface area contributed by atoms with Gasteiger partial charge in [0.05, 0.1) is 0 Å². The predicted octanol–water partition coefficient (Wildman–Crippen LogP) is 6.94. The number of hydrogen-bond donors (Lipinski definition) is 0. The lowest BCUT2D eigenvalue weighted by Gasteiger charge is -1.97.